The highest BCUT2D eigenvalue weighted by molar-refractivity contribution is 6.35. The monoisotopic (exact) mass is 374 g/mol. The Balaban J connectivity index is 1.79. The molecule has 0 atom stereocenters. The van der Waals surface area contributed by atoms with Crippen LogP contribution in [-0.4, -0.2) is 21.0 Å². The molecule has 126 valence electrons. The number of halogens is 2. The molecule has 0 spiro atoms. The van der Waals surface area contributed by atoms with E-state index in [0.717, 1.165) is 0 Å². The van der Waals surface area contributed by atoms with Crippen LogP contribution in [0.5, 0.6) is 0 Å². The molecule has 0 saturated heterocycles. The first-order valence-electron chi connectivity index (χ1n) is 7.15. The summed E-state index contributed by atoms with van der Waals surface area (Å²) in [4.78, 5) is 19.3. The summed E-state index contributed by atoms with van der Waals surface area (Å²) in [7, 11) is 0. The number of aromatic carboxylic acids is 1. The molecular formula is C17H12Cl2N4O2. The average Bonchev–Trinajstić information content (AvgIpc) is 2.54. The second-order valence-corrected chi connectivity index (χ2v) is 5.96. The van der Waals surface area contributed by atoms with Gasteiger partial charge in [-0.2, -0.15) is 0 Å². The van der Waals surface area contributed by atoms with Crippen LogP contribution < -0.4 is 10.6 Å². The molecule has 1 heterocycles. The van der Waals surface area contributed by atoms with Crippen molar-refractivity contribution in [3.05, 3.63) is 70.5 Å². The highest BCUT2D eigenvalue weighted by Gasteiger charge is 2.05. The van der Waals surface area contributed by atoms with Gasteiger partial charge in [0.2, 0.25) is 0 Å². The van der Waals surface area contributed by atoms with Gasteiger partial charge in [-0.3, -0.25) is 0 Å². The summed E-state index contributed by atoms with van der Waals surface area (Å²) in [6.45, 7) is 0. The van der Waals surface area contributed by atoms with Gasteiger partial charge in [0.05, 0.1) is 5.56 Å². The maximum atomic E-state index is 11.0. The molecule has 3 N–H and O–H groups in total. The Morgan fingerprint density at radius 2 is 1.52 bits per heavy atom. The van der Waals surface area contributed by atoms with Gasteiger partial charge < -0.3 is 15.7 Å². The van der Waals surface area contributed by atoms with E-state index in [9.17, 15) is 4.79 Å². The molecule has 0 aliphatic carbocycles. The lowest BCUT2D eigenvalue weighted by molar-refractivity contribution is 0.0697. The molecule has 0 fully saturated rings. The van der Waals surface area contributed by atoms with E-state index in [-0.39, 0.29) is 5.56 Å². The lowest BCUT2D eigenvalue weighted by Crippen LogP contribution is -2.00. The summed E-state index contributed by atoms with van der Waals surface area (Å²) >= 11 is 12.0. The quantitative estimate of drug-likeness (QED) is 0.584. The zero-order chi connectivity index (χ0) is 17.8. The van der Waals surface area contributed by atoms with Crippen LogP contribution in [0.2, 0.25) is 10.0 Å². The number of carbonyl (C=O) groups is 1. The van der Waals surface area contributed by atoms with Gasteiger partial charge in [-0.15, -0.1) is 0 Å². The molecular weight excluding hydrogens is 363 g/mol. The molecule has 3 rings (SSSR count). The topological polar surface area (TPSA) is 87.1 Å². The van der Waals surface area contributed by atoms with Crippen LogP contribution in [0.15, 0.2) is 54.9 Å². The van der Waals surface area contributed by atoms with Gasteiger partial charge in [-0.25, -0.2) is 14.8 Å². The van der Waals surface area contributed by atoms with E-state index in [2.05, 4.69) is 20.6 Å². The van der Waals surface area contributed by atoms with Gasteiger partial charge in [-0.1, -0.05) is 29.3 Å². The highest BCUT2D eigenvalue weighted by Crippen LogP contribution is 2.25. The highest BCUT2D eigenvalue weighted by atomic mass is 35.5. The van der Waals surface area contributed by atoms with Crippen molar-refractivity contribution in [1.82, 2.24) is 9.97 Å². The summed E-state index contributed by atoms with van der Waals surface area (Å²) in [5.74, 6) is 0.0462. The molecule has 0 saturated carbocycles. The number of nitrogens with one attached hydrogen (secondary N) is 2. The van der Waals surface area contributed by atoms with E-state index < -0.39 is 5.97 Å². The van der Waals surface area contributed by atoms with Crippen molar-refractivity contribution in [2.24, 2.45) is 0 Å². The van der Waals surface area contributed by atoms with Crippen molar-refractivity contribution in [2.75, 3.05) is 10.6 Å². The number of nitrogens with zero attached hydrogens (tertiary/aromatic N) is 2. The van der Waals surface area contributed by atoms with Crippen molar-refractivity contribution < 1.29 is 9.90 Å². The molecule has 0 unspecified atom stereocenters. The van der Waals surface area contributed by atoms with Gasteiger partial charge in [0.25, 0.3) is 0 Å². The van der Waals surface area contributed by atoms with Gasteiger partial charge in [-0.05, 0) is 36.4 Å². The number of hydrogen-bond donors (Lipinski definition) is 3. The smallest absolute Gasteiger partial charge is 0.335 e. The minimum atomic E-state index is -0.994. The molecule has 0 bridgehead atoms. The second-order valence-electron chi connectivity index (χ2n) is 5.08. The van der Waals surface area contributed by atoms with Crippen LogP contribution in [0.4, 0.5) is 23.0 Å². The van der Waals surface area contributed by atoms with Crippen LogP contribution in [0.25, 0.3) is 0 Å². The van der Waals surface area contributed by atoms with Crippen molar-refractivity contribution in [3.8, 4) is 0 Å². The first-order valence-corrected chi connectivity index (χ1v) is 7.91. The summed E-state index contributed by atoms with van der Waals surface area (Å²) in [5, 5.41) is 16.2. The maximum absolute atomic E-state index is 11.0. The molecule has 25 heavy (non-hydrogen) atoms. The normalized spacial score (nSPS) is 10.3. The summed E-state index contributed by atoms with van der Waals surface area (Å²) in [6.07, 6.45) is 1.39. The summed E-state index contributed by atoms with van der Waals surface area (Å²) in [5.41, 5.74) is 1.48. The average molecular weight is 375 g/mol. The fourth-order valence-corrected chi connectivity index (χ4v) is 2.67. The standard InChI is InChI=1S/C17H12Cl2N4O2/c18-11-5-12(19)7-14(6-11)23-16-8-15(20-9-21-16)22-13-3-1-2-10(4-13)17(24)25/h1-9H,(H,24,25)(H2,20,21,22,23). The predicted octanol–water partition coefficient (Wildman–Crippen LogP) is 4.97. The van der Waals surface area contributed by atoms with Crippen molar-refractivity contribution in [1.29, 1.82) is 0 Å². The molecule has 6 nitrogen and oxygen atoms in total. The fraction of sp³-hybridized carbons (Fsp3) is 0. The van der Waals surface area contributed by atoms with E-state index >= 15 is 0 Å². The van der Waals surface area contributed by atoms with Crippen molar-refractivity contribution in [3.63, 3.8) is 0 Å². The third kappa shape index (κ3) is 4.59. The van der Waals surface area contributed by atoms with E-state index in [4.69, 9.17) is 28.3 Å². The molecule has 1 aromatic heterocycles. The molecule has 0 amide bonds. The summed E-state index contributed by atoms with van der Waals surface area (Å²) in [6, 6.07) is 13.2. The van der Waals surface area contributed by atoms with E-state index in [1.165, 1.54) is 18.5 Å². The zero-order valence-corrected chi connectivity index (χ0v) is 14.2. The Kier molecular flexibility index (Phi) is 5.02. The van der Waals surface area contributed by atoms with E-state index in [1.54, 1.807) is 36.4 Å². The van der Waals surface area contributed by atoms with Crippen LogP contribution in [0, 0.1) is 0 Å². The second kappa shape index (κ2) is 7.38. The Morgan fingerprint density at radius 3 is 2.16 bits per heavy atom. The van der Waals surface area contributed by atoms with Crippen molar-refractivity contribution >= 4 is 52.2 Å². The molecule has 2 aromatic carbocycles. The van der Waals surface area contributed by atoms with Crippen LogP contribution in [0.3, 0.4) is 0 Å². The number of carboxylic acid groups (broad SMARTS) is 1. The van der Waals surface area contributed by atoms with Gasteiger partial charge in [0, 0.05) is 27.5 Å². The Morgan fingerprint density at radius 1 is 0.880 bits per heavy atom. The molecule has 8 heteroatoms. The first-order chi connectivity index (χ1) is 12.0. The third-order valence-electron chi connectivity index (χ3n) is 3.18. The number of benzene rings is 2. The number of carboxylic acids is 1. The van der Waals surface area contributed by atoms with Gasteiger partial charge in [0.15, 0.2) is 0 Å². The largest absolute Gasteiger partial charge is 0.478 e. The molecule has 0 aliphatic rings. The van der Waals surface area contributed by atoms with Crippen LogP contribution in [0.1, 0.15) is 10.4 Å². The van der Waals surface area contributed by atoms with E-state index in [1.807, 2.05) is 0 Å². The third-order valence-corrected chi connectivity index (χ3v) is 3.62. The zero-order valence-electron chi connectivity index (χ0n) is 12.7. The van der Waals surface area contributed by atoms with E-state index in [0.29, 0.717) is 33.1 Å². The lowest BCUT2D eigenvalue weighted by Gasteiger charge is -2.09. The summed E-state index contributed by atoms with van der Waals surface area (Å²) < 4.78 is 0. The number of hydrogen-bond acceptors (Lipinski definition) is 5. The fourth-order valence-electron chi connectivity index (χ4n) is 2.15. The number of rotatable bonds is 5. The molecule has 3 aromatic rings. The van der Waals surface area contributed by atoms with Crippen LogP contribution in [-0.2, 0) is 0 Å². The Labute approximate surface area is 153 Å². The van der Waals surface area contributed by atoms with Crippen molar-refractivity contribution in [2.45, 2.75) is 0 Å². The Bertz CT molecular complexity index is 914. The maximum Gasteiger partial charge on any atom is 0.335 e. The van der Waals surface area contributed by atoms with Crippen LogP contribution >= 0.6 is 23.2 Å². The Hall–Kier alpha value is -2.83. The van der Waals surface area contributed by atoms with Gasteiger partial charge in [0.1, 0.15) is 18.0 Å². The molecule has 0 radical (unpaired) electrons. The SMILES string of the molecule is O=C(O)c1cccc(Nc2cc(Nc3cc(Cl)cc(Cl)c3)ncn2)c1. The first kappa shape index (κ1) is 17.0. The number of anilines is 4. The number of aromatic nitrogens is 2. The molecule has 0 aliphatic heterocycles. The predicted molar refractivity (Wildman–Crippen MR) is 98.5 cm³/mol. The lowest BCUT2D eigenvalue weighted by atomic mass is 10.2. The minimum absolute atomic E-state index is 0.186. The van der Waals surface area contributed by atoms with Gasteiger partial charge >= 0.3 is 5.97 Å². The minimum Gasteiger partial charge on any atom is -0.478 e.